The summed E-state index contributed by atoms with van der Waals surface area (Å²) in [5.74, 6) is 0.366. The molecule has 3 rings (SSSR count). The molecule has 0 amide bonds. The highest BCUT2D eigenvalue weighted by Gasteiger charge is 2.08. The smallest absolute Gasteiger partial charge is 0.138 e. The molecular formula is C15H11ClFNO. The predicted octanol–water partition coefficient (Wildman–Crippen LogP) is 4.64. The molecule has 0 radical (unpaired) electrons. The monoisotopic (exact) mass is 275 g/mol. The van der Waals surface area contributed by atoms with Crippen LogP contribution < -0.4 is 4.74 Å². The Morgan fingerprint density at radius 3 is 2.74 bits per heavy atom. The van der Waals surface area contributed by atoms with Crippen LogP contribution in [0.15, 0.2) is 42.5 Å². The van der Waals surface area contributed by atoms with Crippen LogP contribution in [0, 0.1) is 5.82 Å². The number of methoxy groups -OCH3 is 1. The Hall–Kier alpha value is -2.00. The highest BCUT2D eigenvalue weighted by atomic mass is 35.5. The molecule has 0 unspecified atom stereocenters. The molecule has 4 heteroatoms. The van der Waals surface area contributed by atoms with Crippen molar-refractivity contribution in [2.24, 2.45) is 0 Å². The molecule has 2 nitrogen and oxygen atoms in total. The van der Waals surface area contributed by atoms with E-state index in [-0.39, 0.29) is 5.82 Å². The molecule has 0 atom stereocenters. The fraction of sp³-hybridized carbons (Fsp3) is 0.0667. The second-order valence-corrected chi connectivity index (χ2v) is 4.67. The molecule has 0 saturated heterocycles. The number of ether oxygens (including phenoxy) is 1. The van der Waals surface area contributed by atoms with Crippen LogP contribution >= 0.6 is 11.6 Å². The SMILES string of the molecule is COc1cc2cc(-c3cccc(F)c3)[nH]c2cc1Cl. The lowest BCUT2D eigenvalue weighted by Crippen LogP contribution is -1.83. The highest BCUT2D eigenvalue weighted by Crippen LogP contribution is 2.32. The summed E-state index contributed by atoms with van der Waals surface area (Å²) < 4.78 is 18.4. The number of fused-ring (bicyclic) bond motifs is 1. The average molecular weight is 276 g/mol. The van der Waals surface area contributed by atoms with Crippen molar-refractivity contribution in [1.29, 1.82) is 0 Å². The molecule has 0 bridgehead atoms. The number of halogens is 2. The number of hydrogen-bond acceptors (Lipinski definition) is 1. The van der Waals surface area contributed by atoms with E-state index in [1.165, 1.54) is 12.1 Å². The Balaban J connectivity index is 2.16. The minimum absolute atomic E-state index is 0.258. The second-order valence-electron chi connectivity index (χ2n) is 4.27. The number of aromatic amines is 1. The van der Waals surface area contributed by atoms with E-state index < -0.39 is 0 Å². The van der Waals surface area contributed by atoms with Gasteiger partial charge in [-0.1, -0.05) is 23.7 Å². The Bertz CT molecular complexity index is 751. The third kappa shape index (κ3) is 2.17. The maximum atomic E-state index is 13.2. The summed E-state index contributed by atoms with van der Waals surface area (Å²) >= 11 is 6.08. The third-order valence-electron chi connectivity index (χ3n) is 3.03. The third-order valence-corrected chi connectivity index (χ3v) is 3.32. The van der Waals surface area contributed by atoms with Gasteiger partial charge in [0.05, 0.1) is 12.1 Å². The molecule has 19 heavy (non-hydrogen) atoms. The van der Waals surface area contributed by atoms with E-state index in [2.05, 4.69) is 4.98 Å². The van der Waals surface area contributed by atoms with Crippen molar-refractivity contribution in [2.45, 2.75) is 0 Å². The first-order chi connectivity index (χ1) is 9.17. The van der Waals surface area contributed by atoms with E-state index >= 15 is 0 Å². The van der Waals surface area contributed by atoms with Crippen molar-refractivity contribution in [1.82, 2.24) is 4.98 Å². The molecule has 0 spiro atoms. The van der Waals surface area contributed by atoms with E-state index in [1.807, 2.05) is 18.2 Å². The van der Waals surface area contributed by atoms with Gasteiger partial charge in [-0.05, 0) is 30.3 Å². The number of nitrogens with one attached hydrogen (secondary N) is 1. The maximum absolute atomic E-state index is 13.2. The Morgan fingerprint density at radius 1 is 1.16 bits per heavy atom. The van der Waals surface area contributed by atoms with Gasteiger partial charge in [-0.15, -0.1) is 0 Å². The van der Waals surface area contributed by atoms with Crippen molar-refractivity contribution in [3.8, 4) is 17.0 Å². The summed E-state index contributed by atoms with van der Waals surface area (Å²) in [6.07, 6.45) is 0. The summed E-state index contributed by atoms with van der Waals surface area (Å²) in [5, 5.41) is 1.52. The van der Waals surface area contributed by atoms with Crippen LogP contribution in [-0.4, -0.2) is 12.1 Å². The number of hydrogen-bond donors (Lipinski definition) is 1. The van der Waals surface area contributed by atoms with Crippen LogP contribution in [0.4, 0.5) is 4.39 Å². The van der Waals surface area contributed by atoms with Gasteiger partial charge in [0.25, 0.3) is 0 Å². The minimum Gasteiger partial charge on any atom is -0.495 e. The molecule has 0 fully saturated rings. The number of aromatic nitrogens is 1. The second kappa shape index (κ2) is 4.59. The fourth-order valence-corrected chi connectivity index (χ4v) is 2.34. The van der Waals surface area contributed by atoms with Gasteiger partial charge in [0.15, 0.2) is 0 Å². The largest absolute Gasteiger partial charge is 0.495 e. The molecule has 96 valence electrons. The van der Waals surface area contributed by atoms with E-state index in [0.717, 1.165) is 22.2 Å². The van der Waals surface area contributed by atoms with Crippen molar-refractivity contribution in [2.75, 3.05) is 7.11 Å². The Kier molecular flexibility index (Phi) is 2.91. The summed E-state index contributed by atoms with van der Waals surface area (Å²) in [4.78, 5) is 3.22. The first-order valence-corrected chi connectivity index (χ1v) is 6.17. The predicted molar refractivity (Wildman–Crippen MR) is 75.3 cm³/mol. The topological polar surface area (TPSA) is 25.0 Å². The quantitative estimate of drug-likeness (QED) is 0.724. The maximum Gasteiger partial charge on any atom is 0.138 e. The van der Waals surface area contributed by atoms with Crippen molar-refractivity contribution in [3.63, 3.8) is 0 Å². The van der Waals surface area contributed by atoms with Gasteiger partial charge in [-0.2, -0.15) is 0 Å². The standard InChI is InChI=1S/C15H11ClFNO/c1-19-15-7-10-6-13(18-14(10)8-12(15)16)9-3-2-4-11(17)5-9/h2-8,18H,1H3. The van der Waals surface area contributed by atoms with Crippen LogP contribution in [0.1, 0.15) is 0 Å². The van der Waals surface area contributed by atoms with Crippen LogP contribution in [0.3, 0.4) is 0 Å². The molecule has 1 heterocycles. The molecular weight excluding hydrogens is 265 g/mol. The van der Waals surface area contributed by atoms with Gasteiger partial charge < -0.3 is 9.72 Å². The van der Waals surface area contributed by atoms with Crippen LogP contribution in [0.5, 0.6) is 5.75 Å². The highest BCUT2D eigenvalue weighted by molar-refractivity contribution is 6.32. The molecule has 0 saturated carbocycles. The molecule has 1 aromatic heterocycles. The van der Waals surface area contributed by atoms with E-state index in [1.54, 1.807) is 19.2 Å². The van der Waals surface area contributed by atoms with Gasteiger partial charge in [0.2, 0.25) is 0 Å². The zero-order valence-electron chi connectivity index (χ0n) is 10.2. The van der Waals surface area contributed by atoms with E-state index in [9.17, 15) is 4.39 Å². The average Bonchev–Trinajstić information content (AvgIpc) is 2.80. The van der Waals surface area contributed by atoms with Gasteiger partial charge in [-0.3, -0.25) is 0 Å². The lowest BCUT2D eigenvalue weighted by atomic mass is 10.1. The summed E-state index contributed by atoms with van der Waals surface area (Å²) in [6, 6.07) is 12.1. The zero-order valence-corrected chi connectivity index (χ0v) is 11.0. The molecule has 3 aromatic rings. The lowest BCUT2D eigenvalue weighted by molar-refractivity contribution is 0.415. The molecule has 0 aliphatic heterocycles. The van der Waals surface area contributed by atoms with Gasteiger partial charge >= 0.3 is 0 Å². The summed E-state index contributed by atoms with van der Waals surface area (Å²) in [6.45, 7) is 0. The molecule has 1 N–H and O–H groups in total. The van der Waals surface area contributed by atoms with Crippen LogP contribution in [-0.2, 0) is 0 Å². The van der Waals surface area contributed by atoms with Gasteiger partial charge in [0, 0.05) is 22.2 Å². The summed E-state index contributed by atoms with van der Waals surface area (Å²) in [7, 11) is 1.58. The first-order valence-electron chi connectivity index (χ1n) is 5.79. The molecule has 0 aliphatic rings. The van der Waals surface area contributed by atoms with Crippen molar-refractivity contribution < 1.29 is 9.13 Å². The summed E-state index contributed by atoms with van der Waals surface area (Å²) in [5.41, 5.74) is 2.54. The van der Waals surface area contributed by atoms with Gasteiger partial charge in [-0.25, -0.2) is 4.39 Å². The first kappa shape index (κ1) is 12.1. The molecule has 2 aromatic carbocycles. The Labute approximate surface area is 114 Å². The number of benzene rings is 2. The van der Waals surface area contributed by atoms with E-state index in [4.69, 9.17) is 16.3 Å². The van der Waals surface area contributed by atoms with E-state index in [0.29, 0.717) is 10.8 Å². The fourth-order valence-electron chi connectivity index (χ4n) is 2.10. The van der Waals surface area contributed by atoms with Crippen LogP contribution in [0.25, 0.3) is 22.2 Å². The minimum atomic E-state index is -0.258. The lowest BCUT2D eigenvalue weighted by Gasteiger charge is -2.01. The number of H-pyrrole nitrogens is 1. The number of rotatable bonds is 2. The van der Waals surface area contributed by atoms with Crippen molar-refractivity contribution in [3.05, 3.63) is 53.3 Å². The molecule has 0 aliphatic carbocycles. The normalized spacial score (nSPS) is 10.9. The van der Waals surface area contributed by atoms with Crippen LogP contribution in [0.2, 0.25) is 5.02 Å². The Morgan fingerprint density at radius 2 is 2.00 bits per heavy atom. The van der Waals surface area contributed by atoms with Gasteiger partial charge in [0.1, 0.15) is 11.6 Å². The van der Waals surface area contributed by atoms with Crippen molar-refractivity contribution >= 4 is 22.5 Å². The zero-order chi connectivity index (χ0) is 13.4.